The van der Waals surface area contributed by atoms with Gasteiger partial charge >= 0.3 is 6.09 Å². The largest absolute Gasteiger partial charge is 0.438 e. The lowest BCUT2D eigenvalue weighted by molar-refractivity contribution is 0.144. The van der Waals surface area contributed by atoms with E-state index in [1.807, 2.05) is 0 Å². The van der Waals surface area contributed by atoms with Gasteiger partial charge in [0.1, 0.15) is 6.10 Å². The fraction of sp³-hybridized carbons (Fsp3) is 0.750. The molecule has 1 atom stereocenters. The summed E-state index contributed by atoms with van der Waals surface area (Å²) in [6.07, 6.45) is 5.15. The third kappa shape index (κ3) is 1.27. The normalized spacial score (nSPS) is 30.4. The molecule has 0 bridgehead atoms. The van der Waals surface area contributed by atoms with Crippen LogP contribution in [-0.4, -0.2) is 17.9 Å². The Labute approximate surface area is 65.5 Å². The average molecular weight is 153 g/mol. The Hall–Kier alpha value is -0.860. The van der Waals surface area contributed by atoms with Crippen LogP contribution in [0.1, 0.15) is 32.1 Å². The fourth-order valence-electron chi connectivity index (χ4n) is 1.66. The second-order valence-electron chi connectivity index (χ2n) is 3.07. The van der Waals surface area contributed by atoms with E-state index >= 15 is 0 Å². The van der Waals surface area contributed by atoms with Gasteiger partial charge in [-0.15, -0.1) is 0 Å². The Morgan fingerprint density at radius 3 is 3.18 bits per heavy atom. The van der Waals surface area contributed by atoms with Crippen molar-refractivity contribution in [1.29, 1.82) is 0 Å². The van der Waals surface area contributed by atoms with Crippen LogP contribution >= 0.6 is 0 Å². The maximum Gasteiger partial charge on any atom is 0.434 e. The van der Waals surface area contributed by atoms with Gasteiger partial charge in [-0.25, -0.2) is 4.79 Å². The lowest BCUT2D eigenvalue weighted by Gasteiger charge is -2.06. The van der Waals surface area contributed by atoms with Crippen LogP contribution in [0.4, 0.5) is 4.79 Å². The van der Waals surface area contributed by atoms with Crippen molar-refractivity contribution in [2.75, 3.05) is 0 Å². The lowest BCUT2D eigenvalue weighted by atomic mass is 10.1. The topological polar surface area (TPSA) is 38.7 Å². The number of carbonyl (C=O) groups is 1. The number of hydrogen-bond acceptors (Lipinski definition) is 2. The van der Waals surface area contributed by atoms with E-state index in [0.29, 0.717) is 0 Å². The highest BCUT2D eigenvalue weighted by molar-refractivity contribution is 6.01. The zero-order chi connectivity index (χ0) is 7.68. The SMILES string of the molecule is O=C1N=C2CCCCCC2O1. The number of carbonyl (C=O) groups excluding carboxylic acids is 1. The minimum absolute atomic E-state index is 0.0324. The van der Waals surface area contributed by atoms with Gasteiger partial charge in [0, 0.05) is 0 Å². The molecule has 1 amide bonds. The summed E-state index contributed by atoms with van der Waals surface area (Å²) in [6.45, 7) is 0. The van der Waals surface area contributed by atoms with Crippen molar-refractivity contribution in [2.45, 2.75) is 38.2 Å². The summed E-state index contributed by atoms with van der Waals surface area (Å²) >= 11 is 0. The maximum absolute atomic E-state index is 10.7. The van der Waals surface area contributed by atoms with Gasteiger partial charge in [0.15, 0.2) is 0 Å². The molecule has 1 unspecified atom stereocenters. The first-order valence-electron chi connectivity index (χ1n) is 4.14. The molecular formula is C8H11NO2. The minimum atomic E-state index is -0.383. The van der Waals surface area contributed by atoms with Crippen LogP contribution in [0, 0.1) is 0 Å². The van der Waals surface area contributed by atoms with Crippen LogP contribution in [0.5, 0.6) is 0 Å². The van der Waals surface area contributed by atoms with Gasteiger partial charge in [-0.3, -0.25) is 0 Å². The van der Waals surface area contributed by atoms with E-state index in [-0.39, 0.29) is 12.2 Å². The first-order valence-corrected chi connectivity index (χ1v) is 4.14. The standard InChI is InChI=1S/C8H11NO2/c10-8-9-6-4-2-1-3-5-7(6)11-8/h7H,1-5H2. The predicted molar refractivity (Wildman–Crippen MR) is 40.8 cm³/mol. The summed E-state index contributed by atoms with van der Waals surface area (Å²) in [5.74, 6) is 0. The minimum Gasteiger partial charge on any atom is -0.438 e. The molecule has 2 rings (SSSR count). The van der Waals surface area contributed by atoms with Crippen molar-refractivity contribution >= 4 is 11.8 Å². The monoisotopic (exact) mass is 153 g/mol. The number of rotatable bonds is 0. The summed E-state index contributed by atoms with van der Waals surface area (Å²) < 4.78 is 5.00. The van der Waals surface area contributed by atoms with Gasteiger partial charge in [-0.05, 0) is 25.7 Å². The molecule has 0 N–H and O–H groups in total. The molecule has 1 aliphatic carbocycles. The zero-order valence-electron chi connectivity index (χ0n) is 6.38. The van der Waals surface area contributed by atoms with Gasteiger partial charge in [-0.2, -0.15) is 4.99 Å². The van der Waals surface area contributed by atoms with E-state index in [1.165, 1.54) is 6.42 Å². The van der Waals surface area contributed by atoms with Crippen LogP contribution < -0.4 is 0 Å². The van der Waals surface area contributed by atoms with Gasteiger partial charge in [0.25, 0.3) is 0 Å². The number of fused-ring (bicyclic) bond motifs is 1. The molecule has 0 saturated heterocycles. The Morgan fingerprint density at radius 2 is 2.27 bits per heavy atom. The molecule has 0 aromatic carbocycles. The summed E-state index contributed by atoms with van der Waals surface area (Å²) in [4.78, 5) is 14.5. The van der Waals surface area contributed by atoms with Gasteiger partial charge in [0.05, 0.1) is 5.71 Å². The first-order chi connectivity index (χ1) is 5.36. The molecule has 3 nitrogen and oxygen atoms in total. The molecule has 0 radical (unpaired) electrons. The Morgan fingerprint density at radius 1 is 1.36 bits per heavy atom. The van der Waals surface area contributed by atoms with Crippen molar-refractivity contribution in [2.24, 2.45) is 4.99 Å². The van der Waals surface area contributed by atoms with Gasteiger partial charge < -0.3 is 4.74 Å². The zero-order valence-corrected chi connectivity index (χ0v) is 6.38. The smallest absolute Gasteiger partial charge is 0.434 e. The van der Waals surface area contributed by atoms with Crippen molar-refractivity contribution in [3.8, 4) is 0 Å². The molecule has 1 saturated carbocycles. The molecule has 2 aliphatic rings. The van der Waals surface area contributed by atoms with Gasteiger partial charge in [0.2, 0.25) is 0 Å². The summed E-state index contributed by atoms with van der Waals surface area (Å²) in [6, 6.07) is 0. The molecule has 0 aromatic rings. The maximum atomic E-state index is 10.7. The molecular weight excluding hydrogens is 142 g/mol. The third-order valence-corrected chi connectivity index (χ3v) is 2.25. The van der Waals surface area contributed by atoms with Crippen LogP contribution in [0.15, 0.2) is 4.99 Å². The second-order valence-corrected chi connectivity index (χ2v) is 3.07. The highest BCUT2D eigenvalue weighted by atomic mass is 16.6. The highest BCUT2D eigenvalue weighted by Crippen LogP contribution is 2.22. The third-order valence-electron chi connectivity index (χ3n) is 2.25. The Kier molecular flexibility index (Phi) is 1.64. The quantitative estimate of drug-likeness (QED) is 0.533. The van der Waals surface area contributed by atoms with E-state index in [1.54, 1.807) is 0 Å². The number of amides is 1. The van der Waals surface area contributed by atoms with Crippen LogP contribution in [0.25, 0.3) is 0 Å². The van der Waals surface area contributed by atoms with Crippen LogP contribution in [0.3, 0.4) is 0 Å². The number of nitrogens with zero attached hydrogens (tertiary/aromatic N) is 1. The Bertz CT molecular complexity index is 210. The van der Waals surface area contributed by atoms with Crippen LogP contribution in [-0.2, 0) is 4.74 Å². The molecule has 60 valence electrons. The van der Waals surface area contributed by atoms with Gasteiger partial charge in [-0.1, -0.05) is 6.42 Å². The molecule has 1 aliphatic heterocycles. The van der Waals surface area contributed by atoms with Crippen molar-refractivity contribution in [1.82, 2.24) is 0 Å². The lowest BCUT2D eigenvalue weighted by Crippen LogP contribution is -2.16. The van der Waals surface area contributed by atoms with Crippen molar-refractivity contribution in [3.05, 3.63) is 0 Å². The summed E-state index contributed by atoms with van der Waals surface area (Å²) in [5, 5.41) is 0. The number of ether oxygens (including phenoxy) is 1. The average Bonchev–Trinajstić information content (AvgIpc) is 2.17. The fourth-order valence-corrected chi connectivity index (χ4v) is 1.66. The molecule has 0 spiro atoms. The van der Waals surface area contributed by atoms with E-state index < -0.39 is 0 Å². The van der Waals surface area contributed by atoms with Crippen LogP contribution in [0.2, 0.25) is 0 Å². The van der Waals surface area contributed by atoms with E-state index in [4.69, 9.17) is 4.74 Å². The highest BCUT2D eigenvalue weighted by Gasteiger charge is 2.28. The van der Waals surface area contributed by atoms with E-state index in [9.17, 15) is 4.79 Å². The number of hydrogen-bond donors (Lipinski definition) is 0. The van der Waals surface area contributed by atoms with E-state index in [2.05, 4.69) is 4.99 Å². The molecule has 1 fully saturated rings. The molecule has 11 heavy (non-hydrogen) atoms. The first kappa shape index (κ1) is 6.83. The Balaban J connectivity index is 2.14. The van der Waals surface area contributed by atoms with E-state index in [0.717, 1.165) is 31.4 Å². The molecule has 0 aromatic heterocycles. The van der Waals surface area contributed by atoms with Crippen molar-refractivity contribution < 1.29 is 9.53 Å². The summed E-state index contributed by atoms with van der Waals surface area (Å²) in [7, 11) is 0. The van der Waals surface area contributed by atoms with Crippen molar-refractivity contribution in [3.63, 3.8) is 0 Å². The summed E-state index contributed by atoms with van der Waals surface area (Å²) in [5.41, 5.74) is 0.979. The number of aliphatic imine (C=N–C) groups is 1. The molecule has 3 heteroatoms. The second kappa shape index (κ2) is 2.64. The predicted octanol–water partition coefficient (Wildman–Crippen LogP) is 1.91. The molecule has 1 heterocycles.